The molecular formula is C12H10Cl2N2O. The summed E-state index contributed by atoms with van der Waals surface area (Å²) in [6, 6.07) is 6.87. The van der Waals surface area contributed by atoms with Crippen molar-refractivity contribution in [2.24, 2.45) is 7.05 Å². The highest BCUT2D eigenvalue weighted by atomic mass is 35.5. The van der Waals surface area contributed by atoms with Crippen LogP contribution in [0.4, 0.5) is 0 Å². The lowest BCUT2D eigenvalue weighted by atomic mass is 10.1. The minimum Gasteiger partial charge on any atom is -0.292 e. The average molecular weight is 269 g/mol. The maximum absolute atomic E-state index is 11.9. The van der Waals surface area contributed by atoms with E-state index in [1.807, 2.05) is 0 Å². The summed E-state index contributed by atoms with van der Waals surface area (Å²) in [5, 5.41) is 5.00. The van der Waals surface area contributed by atoms with Gasteiger partial charge in [-0.1, -0.05) is 29.3 Å². The maximum atomic E-state index is 11.9. The molecule has 17 heavy (non-hydrogen) atoms. The number of Topliss-reactive ketones (excluding diaryl/α,β-unsaturated/α-hetero) is 1. The van der Waals surface area contributed by atoms with Gasteiger partial charge in [0.2, 0.25) is 0 Å². The molecule has 0 unspecified atom stereocenters. The SMILES string of the molecule is Cn1ccc(C(=O)Cc2ccc(Cl)c(Cl)c2)n1. The predicted molar refractivity (Wildman–Crippen MR) is 67.7 cm³/mol. The molecule has 0 N–H and O–H groups in total. The molecular weight excluding hydrogens is 259 g/mol. The van der Waals surface area contributed by atoms with Gasteiger partial charge in [-0.25, -0.2) is 0 Å². The molecule has 0 saturated heterocycles. The molecule has 0 radical (unpaired) electrons. The van der Waals surface area contributed by atoms with Gasteiger partial charge in [-0.05, 0) is 23.8 Å². The van der Waals surface area contributed by atoms with Crippen LogP contribution in [-0.2, 0) is 13.5 Å². The Bertz CT molecular complexity index is 563. The van der Waals surface area contributed by atoms with Crippen LogP contribution in [0.1, 0.15) is 16.1 Å². The van der Waals surface area contributed by atoms with Crippen LogP contribution in [0.2, 0.25) is 10.0 Å². The van der Waals surface area contributed by atoms with Crippen molar-refractivity contribution in [1.82, 2.24) is 9.78 Å². The minimum atomic E-state index is -0.0380. The van der Waals surface area contributed by atoms with E-state index in [0.717, 1.165) is 5.56 Å². The summed E-state index contributed by atoms with van der Waals surface area (Å²) in [4.78, 5) is 11.9. The fraction of sp³-hybridized carbons (Fsp3) is 0.167. The first-order chi connectivity index (χ1) is 8.06. The van der Waals surface area contributed by atoms with E-state index in [1.165, 1.54) is 0 Å². The van der Waals surface area contributed by atoms with Gasteiger partial charge in [-0.15, -0.1) is 0 Å². The summed E-state index contributed by atoms with van der Waals surface area (Å²) in [6.45, 7) is 0. The zero-order chi connectivity index (χ0) is 12.4. The minimum absolute atomic E-state index is 0.0380. The molecule has 5 heteroatoms. The van der Waals surface area contributed by atoms with Gasteiger partial charge in [0.1, 0.15) is 5.69 Å². The number of rotatable bonds is 3. The third-order valence-electron chi connectivity index (χ3n) is 2.35. The number of hydrogen-bond donors (Lipinski definition) is 0. The topological polar surface area (TPSA) is 34.9 Å². The molecule has 0 atom stereocenters. The van der Waals surface area contributed by atoms with E-state index in [0.29, 0.717) is 15.7 Å². The lowest BCUT2D eigenvalue weighted by molar-refractivity contribution is 0.0987. The molecule has 0 fully saturated rings. The fourth-order valence-electron chi connectivity index (χ4n) is 1.49. The maximum Gasteiger partial charge on any atom is 0.187 e. The van der Waals surface area contributed by atoms with Crippen LogP contribution in [0.3, 0.4) is 0 Å². The number of ketones is 1. The highest BCUT2D eigenvalue weighted by Gasteiger charge is 2.10. The molecule has 0 aliphatic carbocycles. The second-order valence-corrected chi connectivity index (χ2v) is 4.54. The Morgan fingerprint density at radius 1 is 1.29 bits per heavy atom. The molecule has 1 heterocycles. The first kappa shape index (κ1) is 12.1. The molecule has 0 aliphatic rings. The monoisotopic (exact) mass is 268 g/mol. The molecule has 1 aromatic carbocycles. The molecule has 1 aromatic heterocycles. The number of aryl methyl sites for hydroxylation is 1. The second kappa shape index (κ2) is 4.90. The van der Waals surface area contributed by atoms with Gasteiger partial charge >= 0.3 is 0 Å². The number of hydrogen-bond acceptors (Lipinski definition) is 2. The first-order valence-electron chi connectivity index (χ1n) is 5.03. The summed E-state index contributed by atoms with van der Waals surface area (Å²) >= 11 is 11.7. The van der Waals surface area contributed by atoms with E-state index in [9.17, 15) is 4.79 Å². The summed E-state index contributed by atoms with van der Waals surface area (Å²) in [7, 11) is 1.77. The van der Waals surface area contributed by atoms with Crippen LogP contribution in [0, 0.1) is 0 Å². The lowest BCUT2D eigenvalue weighted by Crippen LogP contribution is -2.05. The zero-order valence-corrected chi connectivity index (χ0v) is 10.7. The van der Waals surface area contributed by atoms with E-state index >= 15 is 0 Å². The van der Waals surface area contributed by atoms with Crippen LogP contribution >= 0.6 is 23.2 Å². The van der Waals surface area contributed by atoms with Gasteiger partial charge in [0.15, 0.2) is 5.78 Å². The molecule has 88 valence electrons. The van der Waals surface area contributed by atoms with Crippen molar-refractivity contribution < 1.29 is 4.79 Å². The third-order valence-corrected chi connectivity index (χ3v) is 3.09. The number of halogens is 2. The molecule has 2 rings (SSSR count). The van der Waals surface area contributed by atoms with Crippen molar-refractivity contribution in [2.45, 2.75) is 6.42 Å². The first-order valence-corrected chi connectivity index (χ1v) is 5.78. The van der Waals surface area contributed by atoms with E-state index in [2.05, 4.69) is 5.10 Å². The number of nitrogens with zero attached hydrogens (tertiary/aromatic N) is 2. The Kier molecular flexibility index (Phi) is 3.50. The standard InChI is InChI=1S/C12H10Cl2N2O/c1-16-5-4-11(15-16)12(17)7-8-2-3-9(13)10(14)6-8/h2-6H,7H2,1H3. The number of aromatic nitrogens is 2. The third kappa shape index (κ3) is 2.87. The normalized spacial score (nSPS) is 10.5. The van der Waals surface area contributed by atoms with E-state index in [1.54, 1.807) is 42.2 Å². The molecule has 0 spiro atoms. The van der Waals surface area contributed by atoms with Crippen LogP contribution in [-0.4, -0.2) is 15.6 Å². The predicted octanol–water partition coefficient (Wildman–Crippen LogP) is 3.15. The summed E-state index contributed by atoms with van der Waals surface area (Å²) in [6.07, 6.45) is 2.01. The summed E-state index contributed by atoms with van der Waals surface area (Å²) in [5.41, 5.74) is 1.29. The molecule has 0 bridgehead atoms. The quantitative estimate of drug-likeness (QED) is 0.802. The van der Waals surface area contributed by atoms with Crippen molar-refractivity contribution in [3.8, 4) is 0 Å². The van der Waals surface area contributed by atoms with Crippen molar-refractivity contribution in [3.05, 3.63) is 51.8 Å². The van der Waals surface area contributed by atoms with Gasteiger partial charge in [-0.3, -0.25) is 9.48 Å². The Morgan fingerprint density at radius 2 is 2.06 bits per heavy atom. The van der Waals surface area contributed by atoms with Crippen molar-refractivity contribution in [3.63, 3.8) is 0 Å². The lowest BCUT2D eigenvalue weighted by Gasteiger charge is -2.01. The van der Waals surface area contributed by atoms with Gasteiger partial charge < -0.3 is 0 Å². The van der Waals surface area contributed by atoms with E-state index < -0.39 is 0 Å². The molecule has 0 amide bonds. The molecule has 2 aromatic rings. The second-order valence-electron chi connectivity index (χ2n) is 3.72. The van der Waals surface area contributed by atoms with Gasteiger partial charge in [-0.2, -0.15) is 5.10 Å². The van der Waals surface area contributed by atoms with Gasteiger partial charge in [0.25, 0.3) is 0 Å². The van der Waals surface area contributed by atoms with Crippen molar-refractivity contribution >= 4 is 29.0 Å². The van der Waals surface area contributed by atoms with Crippen molar-refractivity contribution in [2.75, 3.05) is 0 Å². The highest BCUT2D eigenvalue weighted by Crippen LogP contribution is 2.23. The molecule has 3 nitrogen and oxygen atoms in total. The smallest absolute Gasteiger partial charge is 0.187 e. The fourth-order valence-corrected chi connectivity index (χ4v) is 1.81. The van der Waals surface area contributed by atoms with Gasteiger partial charge in [0, 0.05) is 19.7 Å². The van der Waals surface area contributed by atoms with E-state index in [-0.39, 0.29) is 12.2 Å². The Labute approximate surface area is 109 Å². The summed E-state index contributed by atoms with van der Waals surface area (Å²) < 4.78 is 1.60. The average Bonchev–Trinajstić information content (AvgIpc) is 2.70. The number of carbonyl (C=O) groups is 1. The van der Waals surface area contributed by atoms with Crippen LogP contribution < -0.4 is 0 Å². The summed E-state index contributed by atoms with van der Waals surface area (Å²) in [5.74, 6) is -0.0380. The van der Waals surface area contributed by atoms with Crippen molar-refractivity contribution in [1.29, 1.82) is 0 Å². The van der Waals surface area contributed by atoms with Crippen LogP contribution in [0.15, 0.2) is 30.5 Å². The Balaban J connectivity index is 2.15. The zero-order valence-electron chi connectivity index (χ0n) is 9.15. The molecule has 0 saturated carbocycles. The number of benzene rings is 1. The van der Waals surface area contributed by atoms with Crippen LogP contribution in [0.5, 0.6) is 0 Å². The van der Waals surface area contributed by atoms with Gasteiger partial charge in [0.05, 0.1) is 10.0 Å². The Hall–Kier alpha value is -1.32. The number of carbonyl (C=O) groups excluding carboxylic acids is 1. The molecule has 0 aliphatic heterocycles. The highest BCUT2D eigenvalue weighted by molar-refractivity contribution is 6.42. The van der Waals surface area contributed by atoms with E-state index in [4.69, 9.17) is 23.2 Å². The largest absolute Gasteiger partial charge is 0.292 e. The Morgan fingerprint density at radius 3 is 2.65 bits per heavy atom. The van der Waals surface area contributed by atoms with Crippen LogP contribution in [0.25, 0.3) is 0 Å².